The highest BCUT2D eigenvalue weighted by Gasteiger charge is 2.27. The molecular formula is C21H36N4O. The average molecular weight is 361 g/mol. The van der Waals surface area contributed by atoms with Gasteiger partial charge in [0.1, 0.15) is 0 Å². The highest BCUT2D eigenvalue weighted by molar-refractivity contribution is 5.79. The Hall–Kier alpha value is -1.59. The van der Waals surface area contributed by atoms with Gasteiger partial charge in [-0.15, -0.1) is 0 Å². The van der Waals surface area contributed by atoms with E-state index in [1.165, 1.54) is 43.5 Å². The van der Waals surface area contributed by atoms with Gasteiger partial charge in [0.2, 0.25) is 0 Å². The van der Waals surface area contributed by atoms with Gasteiger partial charge < -0.3 is 15.4 Å². The maximum absolute atomic E-state index is 5.16. The van der Waals surface area contributed by atoms with Crippen LogP contribution in [0, 0.1) is 0 Å². The van der Waals surface area contributed by atoms with E-state index in [1.54, 1.807) is 7.11 Å². The standard InChI is InChI=1S/C21H36N4O/c1-5-22-20(23-15-18-9-11-19(12-10-18)16-26-4)24-17-21(2,3)25-13-7-6-8-14-25/h9-12H,5-8,13-17H2,1-4H3,(H2,22,23,24). The fourth-order valence-electron chi connectivity index (χ4n) is 3.33. The minimum absolute atomic E-state index is 0.137. The molecule has 1 fully saturated rings. The predicted molar refractivity (Wildman–Crippen MR) is 109 cm³/mol. The highest BCUT2D eigenvalue weighted by Crippen LogP contribution is 2.19. The van der Waals surface area contributed by atoms with Crippen LogP contribution in [-0.2, 0) is 17.9 Å². The lowest BCUT2D eigenvalue weighted by Gasteiger charge is -2.41. The topological polar surface area (TPSA) is 48.9 Å². The van der Waals surface area contributed by atoms with E-state index in [0.717, 1.165) is 19.0 Å². The summed E-state index contributed by atoms with van der Waals surface area (Å²) in [6, 6.07) is 8.46. The molecule has 5 nitrogen and oxygen atoms in total. The first-order valence-electron chi connectivity index (χ1n) is 9.89. The SMILES string of the molecule is CCNC(=NCc1ccc(COC)cc1)NCC(C)(C)N1CCCCC1. The molecule has 0 unspecified atom stereocenters. The van der Waals surface area contributed by atoms with Gasteiger partial charge in [0.15, 0.2) is 5.96 Å². The molecule has 26 heavy (non-hydrogen) atoms. The van der Waals surface area contributed by atoms with Crippen molar-refractivity contribution in [2.45, 2.75) is 58.7 Å². The molecule has 0 aliphatic carbocycles. The number of hydrogen-bond acceptors (Lipinski definition) is 3. The first kappa shape index (κ1) is 20.7. The molecule has 1 aliphatic rings. The van der Waals surface area contributed by atoms with E-state index < -0.39 is 0 Å². The highest BCUT2D eigenvalue weighted by atomic mass is 16.5. The van der Waals surface area contributed by atoms with Crippen LogP contribution in [0.15, 0.2) is 29.3 Å². The molecule has 0 bridgehead atoms. The average Bonchev–Trinajstić information content (AvgIpc) is 2.66. The van der Waals surface area contributed by atoms with Crippen LogP contribution >= 0.6 is 0 Å². The first-order valence-corrected chi connectivity index (χ1v) is 9.89. The van der Waals surface area contributed by atoms with E-state index in [2.05, 4.69) is 60.6 Å². The van der Waals surface area contributed by atoms with Crippen LogP contribution < -0.4 is 10.6 Å². The van der Waals surface area contributed by atoms with Crippen LogP contribution in [0.2, 0.25) is 0 Å². The number of ether oxygens (including phenoxy) is 1. The molecule has 1 saturated heterocycles. The normalized spacial score (nSPS) is 16.5. The van der Waals surface area contributed by atoms with Gasteiger partial charge in [-0.05, 0) is 57.8 Å². The van der Waals surface area contributed by atoms with Gasteiger partial charge in [-0.3, -0.25) is 4.90 Å². The first-order chi connectivity index (χ1) is 12.5. The number of hydrogen-bond donors (Lipinski definition) is 2. The predicted octanol–water partition coefficient (Wildman–Crippen LogP) is 3.15. The third-order valence-corrected chi connectivity index (χ3v) is 5.00. The van der Waals surface area contributed by atoms with Crippen molar-refractivity contribution in [3.05, 3.63) is 35.4 Å². The van der Waals surface area contributed by atoms with Crippen LogP contribution in [0.1, 0.15) is 51.2 Å². The van der Waals surface area contributed by atoms with E-state index in [4.69, 9.17) is 9.73 Å². The summed E-state index contributed by atoms with van der Waals surface area (Å²) in [7, 11) is 1.72. The quantitative estimate of drug-likeness (QED) is 0.552. The molecule has 2 N–H and O–H groups in total. The van der Waals surface area contributed by atoms with Gasteiger partial charge in [-0.25, -0.2) is 4.99 Å². The Kier molecular flexibility index (Phi) is 8.39. The second-order valence-electron chi connectivity index (χ2n) is 7.66. The summed E-state index contributed by atoms with van der Waals surface area (Å²) in [6.07, 6.45) is 4.00. The number of benzene rings is 1. The molecule has 1 aromatic rings. The van der Waals surface area contributed by atoms with Crippen LogP contribution in [0.25, 0.3) is 0 Å². The van der Waals surface area contributed by atoms with Gasteiger partial charge in [0.05, 0.1) is 13.2 Å². The Bertz CT molecular complexity index is 548. The smallest absolute Gasteiger partial charge is 0.191 e. The Morgan fingerprint density at radius 2 is 1.73 bits per heavy atom. The minimum Gasteiger partial charge on any atom is -0.380 e. The molecule has 0 radical (unpaired) electrons. The molecule has 0 amide bonds. The monoisotopic (exact) mass is 360 g/mol. The number of guanidine groups is 1. The summed E-state index contributed by atoms with van der Waals surface area (Å²) < 4.78 is 5.16. The number of nitrogens with one attached hydrogen (secondary N) is 2. The zero-order valence-corrected chi connectivity index (χ0v) is 17.0. The molecule has 146 valence electrons. The van der Waals surface area contributed by atoms with Gasteiger partial charge in [-0.1, -0.05) is 30.7 Å². The summed E-state index contributed by atoms with van der Waals surface area (Å²) in [6.45, 7) is 12.2. The van der Waals surface area contributed by atoms with Crippen molar-refractivity contribution in [2.24, 2.45) is 4.99 Å². The van der Waals surface area contributed by atoms with E-state index in [1.807, 2.05) is 0 Å². The van der Waals surface area contributed by atoms with Crippen LogP contribution in [-0.4, -0.2) is 49.7 Å². The fourth-order valence-corrected chi connectivity index (χ4v) is 3.33. The van der Waals surface area contributed by atoms with Crippen LogP contribution in [0.3, 0.4) is 0 Å². The molecule has 0 spiro atoms. The van der Waals surface area contributed by atoms with Crippen LogP contribution in [0.5, 0.6) is 0 Å². The van der Waals surface area contributed by atoms with Crippen molar-refractivity contribution in [1.82, 2.24) is 15.5 Å². The van der Waals surface area contributed by atoms with E-state index in [9.17, 15) is 0 Å². The molecule has 0 saturated carbocycles. The Morgan fingerprint density at radius 3 is 2.35 bits per heavy atom. The Labute approximate surface area is 159 Å². The zero-order chi connectivity index (χ0) is 18.8. The van der Waals surface area contributed by atoms with E-state index in [-0.39, 0.29) is 5.54 Å². The lowest BCUT2D eigenvalue weighted by molar-refractivity contribution is 0.0982. The molecule has 1 heterocycles. The second-order valence-corrected chi connectivity index (χ2v) is 7.66. The second kappa shape index (κ2) is 10.5. The number of piperidine rings is 1. The summed E-state index contributed by atoms with van der Waals surface area (Å²) in [5, 5.41) is 6.90. The minimum atomic E-state index is 0.137. The van der Waals surface area contributed by atoms with Crippen molar-refractivity contribution in [1.29, 1.82) is 0 Å². The summed E-state index contributed by atoms with van der Waals surface area (Å²) in [4.78, 5) is 7.35. The van der Waals surface area contributed by atoms with E-state index >= 15 is 0 Å². The number of aliphatic imine (C=N–C) groups is 1. The molecule has 1 aliphatic heterocycles. The third-order valence-electron chi connectivity index (χ3n) is 5.00. The summed E-state index contributed by atoms with van der Waals surface area (Å²) >= 11 is 0. The van der Waals surface area contributed by atoms with E-state index in [0.29, 0.717) is 13.2 Å². The lowest BCUT2D eigenvalue weighted by Crippen LogP contribution is -2.54. The van der Waals surface area contributed by atoms with Crippen molar-refractivity contribution in [3.63, 3.8) is 0 Å². The lowest BCUT2D eigenvalue weighted by atomic mass is 9.98. The number of nitrogens with zero attached hydrogens (tertiary/aromatic N) is 2. The molecular weight excluding hydrogens is 324 g/mol. The Balaban J connectivity index is 1.90. The van der Waals surface area contributed by atoms with Gasteiger partial charge in [0.25, 0.3) is 0 Å². The zero-order valence-electron chi connectivity index (χ0n) is 17.0. The number of methoxy groups -OCH3 is 1. The maximum atomic E-state index is 5.16. The molecule has 5 heteroatoms. The number of likely N-dealkylation sites (tertiary alicyclic amines) is 1. The fraction of sp³-hybridized carbons (Fsp3) is 0.667. The summed E-state index contributed by atoms with van der Waals surface area (Å²) in [5.41, 5.74) is 2.53. The molecule has 0 aromatic heterocycles. The molecule has 0 atom stereocenters. The van der Waals surface area contributed by atoms with Gasteiger partial charge in [0, 0.05) is 25.7 Å². The largest absolute Gasteiger partial charge is 0.380 e. The van der Waals surface area contributed by atoms with Crippen molar-refractivity contribution < 1.29 is 4.74 Å². The van der Waals surface area contributed by atoms with Gasteiger partial charge in [-0.2, -0.15) is 0 Å². The summed E-state index contributed by atoms with van der Waals surface area (Å²) in [5.74, 6) is 0.888. The maximum Gasteiger partial charge on any atom is 0.191 e. The Morgan fingerprint density at radius 1 is 1.08 bits per heavy atom. The number of rotatable bonds is 8. The van der Waals surface area contributed by atoms with Crippen molar-refractivity contribution in [2.75, 3.05) is 33.3 Å². The molecule has 1 aromatic carbocycles. The van der Waals surface area contributed by atoms with Crippen LogP contribution in [0.4, 0.5) is 0 Å². The third kappa shape index (κ3) is 6.61. The van der Waals surface area contributed by atoms with Crippen molar-refractivity contribution in [3.8, 4) is 0 Å². The van der Waals surface area contributed by atoms with Gasteiger partial charge >= 0.3 is 0 Å². The molecule has 2 rings (SSSR count). The van der Waals surface area contributed by atoms with Crippen molar-refractivity contribution >= 4 is 5.96 Å².